The molecular formula is C14H21N3O2. The van der Waals surface area contributed by atoms with Crippen molar-refractivity contribution in [2.45, 2.75) is 19.9 Å². The molecule has 0 unspecified atom stereocenters. The van der Waals surface area contributed by atoms with Crippen LogP contribution < -0.4 is 10.6 Å². The second-order valence-corrected chi connectivity index (χ2v) is 4.46. The highest BCUT2D eigenvalue weighted by atomic mass is 16.2. The van der Waals surface area contributed by atoms with Crippen molar-refractivity contribution in [3.05, 3.63) is 35.9 Å². The highest BCUT2D eigenvalue weighted by molar-refractivity contribution is 5.95. The summed E-state index contributed by atoms with van der Waals surface area (Å²) < 4.78 is 0. The maximum absolute atomic E-state index is 11.6. The number of carbonyl (C=O) groups is 2. The second-order valence-electron chi connectivity index (χ2n) is 4.46. The Morgan fingerprint density at radius 2 is 1.89 bits per heavy atom. The predicted octanol–water partition coefficient (Wildman–Crippen LogP) is 1.35. The predicted molar refractivity (Wildman–Crippen MR) is 74.6 cm³/mol. The Bertz CT molecular complexity index is 406. The zero-order valence-electron chi connectivity index (χ0n) is 11.5. The zero-order chi connectivity index (χ0) is 14.1. The molecule has 0 aromatic heterocycles. The first-order valence-electron chi connectivity index (χ1n) is 6.42. The van der Waals surface area contributed by atoms with Gasteiger partial charge in [0.05, 0.1) is 6.54 Å². The Morgan fingerprint density at radius 1 is 1.21 bits per heavy atom. The lowest BCUT2D eigenvalue weighted by molar-refractivity contribution is -0.120. The van der Waals surface area contributed by atoms with Gasteiger partial charge in [-0.15, -0.1) is 0 Å². The van der Waals surface area contributed by atoms with Gasteiger partial charge in [-0.1, -0.05) is 37.3 Å². The summed E-state index contributed by atoms with van der Waals surface area (Å²) in [6, 6.07) is 9.45. The molecule has 0 radical (unpaired) electrons. The van der Waals surface area contributed by atoms with Crippen molar-refractivity contribution >= 4 is 11.9 Å². The van der Waals surface area contributed by atoms with Crippen molar-refractivity contribution in [1.29, 1.82) is 0 Å². The van der Waals surface area contributed by atoms with Crippen LogP contribution in [-0.4, -0.2) is 37.0 Å². The van der Waals surface area contributed by atoms with E-state index < -0.39 is 6.03 Å². The Morgan fingerprint density at radius 3 is 2.53 bits per heavy atom. The van der Waals surface area contributed by atoms with Gasteiger partial charge in [-0.05, 0) is 19.0 Å². The molecule has 1 rings (SSSR count). The molecule has 1 aromatic rings. The van der Waals surface area contributed by atoms with Gasteiger partial charge in [-0.3, -0.25) is 15.0 Å². The highest BCUT2D eigenvalue weighted by Crippen LogP contribution is 2.01. The van der Waals surface area contributed by atoms with Crippen LogP contribution in [0.2, 0.25) is 0 Å². The maximum atomic E-state index is 11.6. The molecule has 3 amide bonds. The topological polar surface area (TPSA) is 61.4 Å². The molecule has 5 nitrogen and oxygen atoms in total. The van der Waals surface area contributed by atoms with Gasteiger partial charge >= 0.3 is 6.03 Å². The van der Waals surface area contributed by atoms with Crippen molar-refractivity contribution in [2.75, 3.05) is 20.1 Å². The number of urea groups is 1. The standard InChI is InChI=1S/C14H21N3O2/c1-3-9-15-14(19)16-13(18)11-17(2)10-12-7-5-4-6-8-12/h4-8H,3,9-11H2,1-2H3,(H2,15,16,18,19). The van der Waals surface area contributed by atoms with Crippen molar-refractivity contribution < 1.29 is 9.59 Å². The summed E-state index contributed by atoms with van der Waals surface area (Å²) >= 11 is 0. The lowest BCUT2D eigenvalue weighted by Gasteiger charge is -2.16. The monoisotopic (exact) mass is 263 g/mol. The van der Waals surface area contributed by atoms with Crippen LogP contribution in [-0.2, 0) is 11.3 Å². The minimum atomic E-state index is -0.431. The van der Waals surface area contributed by atoms with E-state index in [1.165, 1.54) is 0 Å². The molecule has 0 fully saturated rings. The fraction of sp³-hybridized carbons (Fsp3) is 0.429. The molecule has 0 aliphatic carbocycles. The molecule has 0 saturated heterocycles. The van der Waals surface area contributed by atoms with Gasteiger partial charge in [-0.25, -0.2) is 4.79 Å². The quantitative estimate of drug-likeness (QED) is 0.814. The van der Waals surface area contributed by atoms with E-state index in [1.807, 2.05) is 49.2 Å². The number of rotatable bonds is 6. The van der Waals surface area contributed by atoms with Crippen LogP contribution in [0, 0.1) is 0 Å². The smallest absolute Gasteiger partial charge is 0.321 e. The summed E-state index contributed by atoms with van der Waals surface area (Å²) in [5.74, 6) is -0.299. The molecule has 19 heavy (non-hydrogen) atoms. The summed E-state index contributed by atoms with van der Waals surface area (Å²) in [7, 11) is 1.84. The first kappa shape index (κ1) is 15.2. The third-order valence-electron chi connectivity index (χ3n) is 2.50. The highest BCUT2D eigenvalue weighted by Gasteiger charge is 2.10. The molecule has 0 heterocycles. The Kier molecular flexibility index (Phi) is 6.60. The summed E-state index contributed by atoms with van der Waals surface area (Å²) in [6.07, 6.45) is 0.843. The number of carbonyl (C=O) groups excluding carboxylic acids is 2. The minimum Gasteiger partial charge on any atom is -0.338 e. The van der Waals surface area contributed by atoms with Crippen molar-refractivity contribution in [2.24, 2.45) is 0 Å². The molecule has 1 aromatic carbocycles. The lowest BCUT2D eigenvalue weighted by atomic mass is 10.2. The van der Waals surface area contributed by atoms with E-state index in [1.54, 1.807) is 0 Å². The average Bonchev–Trinajstić information content (AvgIpc) is 2.37. The van der Waals surface area contributed by atoms with Gasteiger partial charge in [-0.2, -0.15) is 0 Å². The SMILES string of the molecule is CCCNC(=O)NC(=O)CN(C)Cc1ccccc1. The molecule has 0 spiro atoms. The number of hydrogen-bond donors (Lipinski definition) is 2. The van der Waals surface area contributed by atoms with E-state index >= 15 is 0 Å². The van der Waals surface area contributed by atoms with E-state index in [4.69, 9.17) is 0 Å². The van der Waals surface area contributed by atoms with E-state index in [-0.39, 0.29) is 12.5 Å². The van der Waals surface area contributed by atoms with Crippen molar-refractivity contribution in [3.63, 3.8) is 0 Å². The summed E-state index contributed by atoms with van der Waals surface area (Å²) in [5.41, 5.74) is 1.13. The van der Waals surface area contributed by atoms with E-state index in [0.29, 0.717) is 13.1 Å². The van der Waals surface area contributed by atoms with Crippen LogP contribution in [0.15, 0.2) is 30.3 Å². The fourth-order valence-electron chi connectivity index (χ4n) is 1.65. The molecule has 0 atom stereocenters. The minimum absolute atomic E-state index is 0.189. The molecular weight excluding hydrogens is 242 g/mol. The van der Waals surface area contributed by atoms with Crippen LogP contribution in [0.4, 0.5) is 4.79 Å². The van der Waals surface area contributed by atoms with Crippen molar-refractivity contribution in [1.82, 2.24) is 15.5 Å². The largest absolute Gasteiger partial charge is 0.338 e. The van der Waals surface area contributed by atoms with Crippen molar-refractivity contribution in [3.8, 4) is 0 Å². The molecule has 2 N–H and O–H groups in total. The number of nitrogens with one attached hydrogen (secondary N) is 2. The van der Waals surface area contributed by atoms with E-state index in [9.17, 15) is 9.59 Å². The Balaban J connectivity index is 2.30. The molecule has 5 heteroatoms. The third kappa shape index (κ3) is 6.57. The number of hydrogen-bond acceptors (Lipinski definition) is 3. The first-order valence-corrected chi connectivity index (χ1v) is 6.42. The van der Waals surface area contributed by atoms with Gasteiger partial charge in [0, 0.05) is 13.1 Å². The third-order valence-corrected chi connectivity index (χ3v) is 2.50. The molecule has 104 valence electrons. The first-order chi connectivity index (χ1) is 9.11. The van der Waals surface area contributed by atoms with Crippen LogP contribution in [0.5, 0.6) is 0 Å². The normalized spacial score (nSPS) is 10.3. The number of imide groups is 1. The van der Waals surface area contributed by atoms with Crippen LogP contribution in [0.3, 0.4) is 0 Å². The summed E-state index contributed by atoms with van der Waals surface area (Å²) in [4.78, 5) is 24.8. The number of benzene rings is 1. The van der Waals surface area contributed by atoms with Gasteiger partial charge < -0.3 is 5.32 Å². The van der Waals surface area contributed by atoms with Crippen LogP contribution in [0.1, 0.15) is 18.9 Å². The van der Waals surface area contributed by atoms with Crippen LogP contribution >= 0.6 is 0 Å². The van der Waals surface area contributed by atoms with Crippen LogP contribution in [0.25, 0.3) is 0 Å². The molecule has 0 aliphatic heterocycles. The van der Waals surface area contributed by atoms with E-state index in [2.05, 4.69) is 10.6 Å². The fourth-order valence-corrected chi connectivity index (χ4v) is 1.65. The number of likely N-dealkylation sites (N-methyl/N-ethyl adjacent to an activating group) is 1. The van der Waals surface area contributed by atoms with Gasteiger partial charge in [0.2, 0.25) is 5.91 Å². The molecule has 0 aliphatic rings. The zero-order valence-corrected chi connectivity index (χ0v) is 11.5. The average molecular weight is 263 g/mol. The van der Waals surface area contributed by atoms with Gasteiger partial charge in [0.15, 0.2) is 0 Å². The molecule has 0 saturated carbocycles. The molecule has 0 bridgehead atoms. The number of amides is 3. The van der Waals surface area contributed by atoms with E-state index in [0.717, 1.165) is 12.0 Å². The Hall–Kier alpha value is -1.88. The lowest BCUT2D eigenvalue weighted by Crippen LogP contribution is -2.43. The summed E-state index contributed by atoms with van der Waals surface area (Å²) in [5, 5.41) is 4.90. The number of nitrogens with zero attached hydrogens (tertiary/aromatic N) is 1. The van der Waals surface area contributed by atoms with Gasteiger partial charge in [0.25, 0.3) is 0 Å². The summed E-state index contributed by atoms with van der Waals surface area (Å²) in [6.45, 7) is 3.38. The second kappa shape index (κ2) is 8.26. The Labute approximate surface area is 114 Å². The van der Waals surface area contributed by atoms with Gasteiger partial charge in [0.1, 0.15) is 0 Å². The maximum Gasteiger partial charge on any atom is 0.321 e.